The van der Waals surface area contributed by atoms with E-state index in [9.17, 15) is 25.9 Å². The molecule has 0 saturated carbocycles. The molecule has 0 saturated heterocycles. The van der Waals surface area contributed by atoms with Crippen LogP contribution in [-0.4, -0.2) is 25.9 Å². The first-order valence-corrected chi connectivity index (χ1v) is 14.3. The SMILES string of the molecule is C.CC(C)(C)c1c(S(=O)(=O)O)ccc2ccccc12.CC(C)(C)c1c(S(=O)(=O)O)ccc2ccccc12. The van der Waals surface area contributed by atoms with E-state index in [1.54, 1.807) is 12.1 Å². The predicted molar refractivity (Wildman–Crippen MR) is 152 cm³/mol. The van der Waals surface area contributed by atoms with Gasteiger partial charge in [-0.25, -0.2) is 0 Å². The average molecular weight is 545 g/mol. The van der Waals surface area contributed by atoms with Crippen molar-refractivity contribution >= 4 is 41.8 Å². The first-order chi connectivity index (χ1) is 16.4. The third kappa shape index (κ3) is 6.76. The Morgan fingerprint density at radius 3 is 1.08 bits per heavy atom. The van der Waals surface area contributed by atoms with Gasteiger partial charge in [-0.1, -0.05) is 110 Å². The first kappa shape index (κ1) is 30.4. The summed E-state index contributed by atoms with van der Waals surface area (Å²) in [6.45, 7) is 11.6. The molecule has 0 radical (unpaired) electrons. The molecule has 4 rings (SSSR count). The average Bonchev–Trinajstić information content (AvgIpc) is 2.75. The monoisotopic (exact) mass is 544 g/mol. The number of hydrogen-bond acceptors (Lipinski definition) is 4. The minimum absolute atomic E-state index is 0. The lowest BCUT2D eigenvalue weighted by molar-refractivity contribution is 0.475. The summed E-state index contributed by atoms with van der Waals surface area (Å²) in [6.07, 6.45) is 0. The second-order valence-corrected chi connectivity index (χ2v) is 13.5. The van der Waals surface area contributed by atoms with Crippen LogP contribution in [0.1, 0.15) is 60.1 Å². The molecule has 37 heavy (non-hydrogen) atoms. The van der Waals surface area contributed by atoms with Gasteiger partial charge in [-0.3, -0.25) is 9.11 Å². The Balaban J connectivity index is 0.000000253. The molecule has 2 N–H and O–H groups in total. The summed E-state index contributed by atoms with van der Waals surface area (Å²) in [5.41, 5.74) is 0.573. The largest absolute Gasteiger partial charge is 0.294 e. The van der Waals surface area contributed by atoms with Gasteiger partial charge in [0.1, 0.15) is 0 Å². The van der Waals surface area contributed by atoms with E-state index in [2.05, 4.69) is 0 Å². The van der Waals surface area contributed by atoms with Crippen LogP contribution in [0.15, 0.2) is 82.6 Å². The van der Waals surface area contributed by atoms with Gasteiger partial charge < -0.3 is 0 Å². The first-order valence-electron chi connectivity index (χ1n) is 11.4. The fourth-order valence-electron chi connectivity index (χ4n) is 4.48. The maximum Gasteiger partial charge on any atom is 0.294 e. The summed E-state index contributed by atoms with van der Waals surface area (Å²) in [4.78, 5) is -0.0117. The van der Waals surface area contributed by atoms with Gasteiger partial charge in [0.25, 0.3) is 20.2 Å². The van der Waals surface area contributed by atoms with Crippen LogP contribution in [0.5, 0.6) is 0 Å². The highest BCUT2D eigenvalue weighted by atomic mass is 32.2. The fraction of sp³-hybridized carbons (Fsp3) is 0.310. The molecule has 0 atom stereocenters. The molecule has 6 nitrogen and oxygen atoms in total. The molecular weight excluding hydrogens is 508 g/mol. The van der Waals surface area contributed by atoms with E-state index in [1.807, 2.05) is 90.1 Å². The van der Waals surface area contributed by atoms with Crippen molar-refractivity contribution in [3.8, 4) is 0 Å². The smallest absolute Gasteiger partial charge is 0.282 e. The molecule has 0 aliphatic rings. The minimum Gasteiger partial charge on any atom is -0.282 e. The topological polar surface area (TPSA) is 109 Å². The van der Waals surface area contributed by atoms with Crippen molar-refractivity contribution in [3.05, 3.63) is 83.9 Å². The summed E-state index contributed by atoms with van der Waals surface area (Å²) in [6, 6.07) is 21.5. The van der Waals surface area contributed by atoms with Gasteiger partial charge in [-0.2, -0.15) is 16.8 Å². The fourth-order valence-corrected chi connectivity index (χ4v) is 6.31. The van der Waals surface area contributed by atoms with Crippen molar-refractivity contribution in [1.29, 1.82) is 0 Å². The lowest BCUT2D eigenvalue weighted by Gasteiger charge is -2.24. The molecule has 0 aliphatic carbocycles. The molecule has 0 aromatic heterocycles. The standard InChI is InChI=1S/2C14H16O3S.CH4/c2*1-14(2,3)13-11-7-5-4-6-10(11)8-9-12(13)18(15,16)17;/h2*4-9H,1-3H3,(H,15,16,17);1H4. The Morgan fingerprint density at radius 1 is 0.514 bits per heavy atom. The summed E-state index contributed by atoms with van der Waals surface area (Å²) in [5, 5.41) is 3.66. The van der Waals surface area contributed by atoms with Crippen LogP contribution in [0.25, 0.3) is 21.5 Å². The molecule has 0 spiro atoms. The summed E-state index contributed by atoms with van der Waals surface area (Å²) in [5.74, 6) is 0. The van der Waals surface area contributed by atoms with E-state index in [4.69, 9.17) is 0 Å². The highest BCUT2D eigenvalue weighted by molar-refractivity contribution is 7.86. The third-order valence-corrected chi connectivity index (χ3v) is 7.63. The molecule has 0 unspecified atom stereocenters. The Hall–Kier alpha value is -2.78. The van der Waals surface area contributed by atoms with E-state index in [1.165, 1.54) is 12.1 Å². The van der Waals surface area contributed by atoms with Gasteiger partial charge in [0, 0.05) is 0 Å². The Kier molecular flexibility index (Phi) is 8.67. The number of hydrogen-bond donors (Lipinski definition) is 2. The van der Waals surface area contributed by atoms with E-state index < -0.39 is 20.2 Å². The predicted octanol–water partition coefficient (Wildman–Crippen LogP) is 7.40. The van der Waals surface area contributed by atoms with Crippen LogP contribution in [0.2, 0.25) is 0 Å². The lowest BCUT2D eigenvalue weighted by Crippen LogP contribution is -2.17. The molecule has 4 aromatic rings. The zero-order chi connectivity index (χ0) is 27.1. The minimum atomic E-state index is -4.21. The van der Waals surface area contributed by atoms with Gasteiger partial charge in [0.15, 0.2) is 0 Å². The van der Waals surface area contributed by atoms with Crippen LogP contribution < -0.4 is 0 Å². The molecular formula is C29H36O6S2. The van der Waals surface area contributed by atoms with Crippen molar-refractivity contribution in [3.63, 3.8) is 0 Å². The second-order valence-electron chi connectivity index (χ2n) is 10.8. The summed E-state index contributed by atoms with van der Waals surface area (Å²) >= 11 is 0. The van der Waals surface area contributed by atoms with Crippen molar-refractivity contribution in [2.24, 2.45) is 0 Å². The maximum atomic E-state index is 11.5. The molecule has 4 aromatic carbocycles. The normalized spacial score (nSPS) is 12.5. The van der Waals surface area contributed by atoms with Gasteiger partial charge in [0.2, 0.25) is 0 Å². The number of fused-ring (bicyclic) bond motifs is 2. The van der Waals surface area contributed by atoms with E-state index in [0.717, 1.165) is 21.5 Å². The Bertz CT molecular complexity index is 1510. The van der Waals surface area contributed by atoms with Crippen molar-refractivity contribution in [1.82, 2.24) is 0 Å². The number of rotatable bonds is 2. The van der Waals surface area contributed by atoms with Crippen molar-refractivity contribution in [2.75, 3.05) is 0 Å². The van der Waals surface area contributed by atoms with Crippen molar-refractivity contribution < 1.29 is 25.9 Å². The molecule has 0 heterocycles. The molecule has 0 bridgehead atoms. The Morgan fingerprint density at radius 2 is 0.811 bits per heavy atom. The van der Waals surface area contributed by atoms with Crippen LogP contribution in [0.4, 0.5) is 0 Å². The van der Waals surface area contributed by atoms with Crippen LogP contribution >= 0.6 is 0 Å². The summed E-state index contributed by atoms with van der Waals surface area (Å²) < 4.78 is 64.7. The zero-order valence-corrected chi connectivity index (χ0v) is 22.9. The van der Waals surface area contributed by atoms with E-state index in [0.29, 0.717) is 11.1 Å². The molecule has 0 amide bonds. The number of benzene rings is 4. The van der Waals surface area contributed by atoms with Gasteiger partial charge in [-0.15, -0.1) is 0 Å². The second kappa shape index (κ2) is 10.5. The third-order valence-electron chi connectivity index (χ3n) is 5.84. The highest BCUT2D eigenvalue weighted by Crippen LogP contribution is 2.36. The quantitative estimate of drug-likeness (QED) is 0.254. The highest BCUT2D eigenvalue weighted by Gasteiger charge is 2.27. The van der Waals surface area contributed by atoms with Crippen LogP contribution in [0, 0.1) is 0 Å². The summed E-state index contributed by atoms with van der Waals surface area (Å²) in [7, 11) is -8.42. The molecule has 0 aliphatic heterocycles. The lowest BCUT2D eigenvalue weighted by atomic mass is 9.83. The van der Waals surface area contributed by atoms with Crippen LogP contribution in [-0.2, 0) is 31.1 Å². The zero-order valence-electron chi connectivity index (χ0n) is 21.3. The molecule has 200 valence electrons. The van der Waals surface area contributed by atoms with Crippen LogP contribution in [0.3, 0.4) is 0 Å². The molecule has 0 fully saturated rings. The van der Waals surface area contributed by atoms with Gasteiger partial charge >= 0.3 is 0 Å². The van der Waals surface area contributed by atoms with E-state index in [-0.39, 0.29) is 28.0 Å². The molecule has 8 heteroatoms. The van der Waals surface area contributed by atoms with Gasteiger partial charge in [0.05, 0.1) is 9.79 Å². The maximum absolute atomic E-state index is 11.5. The van der Waals surface area contributed by atoms with Crippen molar-refractivity contribution in [2.45, 2.75) is 69.6 Å². The Labute approximate surface area is 220 Å². The van der Waals surface area contributed by atoms with E-state index >= 15 is 0 Å². The van der Waals surface area contributed by atoms with Gasteiger partial charge in [-0.05, 0) is 55.6 Å².